The highest BCUT2D eigenvalue weighted by Crippen LogP contribution is 2.39. The lowest BCUT2D eigenvalue weighted by atomic mass is 9.70. The molecule has 0 aromatic heterocycles. The van der Waals surface area contributed by atoms with Crippen LogP contribution in [0.25, 0.3) is 0 Å². The van der Waals surface area contributed by atoms with Gasteiger partial charge in [-0.3, -0.25) is 4.90 Å². The summed E-state index contributed by atoms with van der Waals surface area (Å²) in [6.07, 6.45) is 3.61. The van der Waals surface area contributed by atoms with Crippen molar-refractivity contribution >= 4 is 0 Å². The number of ether oxygens (including phenoxy) is 2. The summed E-state index contributed by atoms with van der Waals surface area (Å²) in [4.78, 5) is 2.47. The summed E-state index contributed by atoms with van der Waals surface area (Å²) in [7, 11) is 0. The van der Waals surface area contributed by atoms with Crippen molar-refractivity contribution in [2.45, 2.75) is 50.4 Å². The fourth-order valence-corrected chi connectivity index (χ4v) is 4.87. The maximum Gasteiger partial charge on any atom is 0.120 e. The molecule has 36 heavy (non-hydrogen) atoms. The zero-order valence-corrected chi connectivity index (χ0v) is 21.4. The summed E-state index contributed by atoms with van der Waals surface area (Å²) in [5.41, 5.74) is 2.51. The lowest BCUT2D eigenvalue weighted by Gasteiger charge is -2.49. The Labute approximate surface area is 215 Å². The molecule has 0 aliphatic carbocycles. The van der Waals surface area contributed by atoms with Crippen LogP contribution in [0.1, 0.15) is 43.4 Å². The van der Waals surface area contributed by atoms with Crippen LogP contribution in [0.4, 0.5) is 0 Å². The molecule has 0 unspecified atom stereocenters. The van der Waals surface area contributed by atoms with Gasteiger partial charge >= 0.3 is 0 Å². The molecule has 0 N–H and O–H groups in total. The molecule has 1 aliphatic heterocycles. The monoisotopic (exact) mass is 480 g/mol. The Morgan fingerprint density at radius 2 is 1.58 bits per heavy atom. The predicted molar refractivity (Wildman–Crippen MR) is 145 cm³/mol. The average Bonchev–Trinajstić information content (AvgIpc) is 2.88. The fourth-order valence-electron chi connectivity index (χ4n) is 4.87. The maximum atomic E-state index is 10.5. The summed E-state index contributed by atoms with van der Waals surface area (Å²) in [6, 6.07) is 31.1. The standard InChI is InChI=1S/C32H36N2O2/c1-4-20-35-29-17-11-12-26(21-29)24-36-30-22-34(23-30)31(2,3)18-19-32(25-33,27-13-7-5-8-14-27)28-15-9-6-10-16-28/h4-17,21,30H,1,18-20,22-24H2,2-3H3. The van der Waals surface area contributed by atoms with Crippen LogP contribution >= 0.6 is 0 Å². The number of hydrogen-bond donors (Lipinski definition) is 0. The molecule has 0 saturated carbocycles. The van der Waals surface area contributed by atoms with E-state index >= 15 is 0 Å². The van der Waals surface area contributed by atoms with Crippen LogP contribution in [0.3, 0.4) is 0 Å². The van der Waals surface area contributed by atoms with Crippen LogP contribution in [0.15, 0.2) is 97.6 Å². The van der Waals surface area contributed by atoms with E-state index in [9.17, 15) is 5.26 Å². The van der Waals surface area contributed by atoms with Crippen LogP contribution in [-0.2, 0) is 16.8 Å². The highest BCUT2D eigenvalue weighted by atomic mass is 16.5. The third kappa shape index (κ3) is 5.87. The summed E-state index contributed by atoms with van der Waals surface area (Å²) >= 11 is 0. The van der Waals surface area contributed by atoms with Crippen molar-refractivity contribution in [3.63, 3.8) is 0 Å². The molecule has 0 radical (unpaired) electrons. The number of hydrogen-bond acceptors (Lipinski definition) is 4. The molecule has 3 aromatic carbocycles. The van der Waals surface area contributed by atoms with Crippen molar-refractivity contribution in [3.05, 3.63) is 114 Å². The molecule has 1 saturated heterocycles. The lowest BCUT2D eigenvalue weighted by molar-refractivity contribution is -0.102. The molecule has 4 nitrogen and oxygen atoms in total. The van der Waals surface area contributed by atoms with E-state index in [2.05, 4.69) is 61.7 Å². The summed E-state index contributed by atoms with van der Waals surface area (Å²) in [6.45, 7) is 11.1. The first-order valence-electron chi connectivity index (χ1n) is 12.7. The van der Waals surface area contributed by atoms with Gasteiger partial charge in [-0.1, -0.05) is 85.5 Å². The van der Waals surface area contributed by atoms with Crippen molar-refractivity contribution in [3.8, 4) is 11.8 Å². The number of benzene rings is 3. The predicted octanol–water partition coefficient (Wildman–Crippen LogP) is 6.52. The van der Waals surface area contributed by atoms with Gasteiger partial charge in [-0.15, -0.1) is 0 Å². The van der Waals surface area contributed by atoms with Gasteiger partial charge in [0.15, 0.2) is 0 Å². The Kier molecular flexibility index (Phi) is 8.25. The van der Waals surface area contributed by atoms with E-state index in [0.717, 1.165) is 48.4 Å². The molecule has 4 rings (SSSR count). The van der Waals surface area contributed by atoms with E-state index in [1.807, 2.05) is 54.6 Å². The van der Waals surface area contributed by atoms with Gasteiger partial charge in [0.2, 0.25) is 0 Å². The second-order valence-electron chi connectivity index (χ2n) is 10.1. The third-order valence-corrected chi connectivity index (χ3v) is 7.29. The van der Waals surface area contributed by atoms with Gasteiger partial charge in [-0.05, 0) is 55.5 Å². The highest BCUT2D eigenvalue weighted by molar-refractivity contribution is 5.45. The van der Waals surface area contributed by atoms with E-state index in [4.69, 9.17) is 9.47 Å². The number of likely N-dealkylation sites (tertiary alicyclic amines) is 1. The van der Waals surface area contributed by atoms with Crippen molar-refractivity contribution in [2.75, 3.05) is 19.7 Å². The second-order valence-corrected chi connectivity index (χ2v) is 10.1. The maximum absolute atomic E-state index is 10.5. The lowest BCUT2D eigenvalue weighted by Crippen LogP contribution is -2.60. The molecule has 1 fully saturated rings. The van der Waals surface area contributed by atoms with Gasteiger partial charge in [0.25, 0.3) is 0 Å². The van der Waals surface area contributed by atoms with Gasteiger partial charge in [0.05, 0.1) is 18.8 Å². The first-order chi connectivity index (χ1) is 17.5. The van der Waals surface area contributed by atoms with E-state index in [0.29, 0.717) is 13.2 Å². The highest BCUT2D eigenvalue weighted by Gasteiger charge is 2.41. The largest absolute Gasteiger partial charge is 0.490 e. The molecule has 4 heteroatoms. The van der Waals surface area contributed by atoms with E-state index < -0.39 is 5.41 Å². The van der Waals surface area contributed by atoms with E-state index in [1.165, 1.54) is 0 Å². The molecule has 186 valence electrons. The van der Waals surface area contributed by atoms with E-state index in [1.54, 1.807) is 6.08 Å². The molecule has 1 heterocycles. The molecular weight excluding hydrogens is 444 g/mol. The minimum atomic E-state index is -0.667. The topological polar surface area (TPSA) is 45.5 Å². The molecule has 0 spiro atoms. The average molecular weight is 481 g/mol. The summed E-state index contributed by atoms with van der Waals surface area (Å²) < 4.78 is 11.8. The van der Waals surface area contributed by atoms with Gasteiger partial charge in [0, 0.05) is 18.6 Å². The SMILES string of the molecule is C=CCOc1cccc(COC2CN(C(C)(C)CCC(C#N)(c3ccccc3)c3ccccc3)C2)c1. The van der Waals surface area contributed by atoms with Crippen molar-refractivity contribution in [2.24, 2.45) is 0 Å². The van der Waals surface area contributed by atoms with Crippen molar-refractivity contribution in [1.29, 1.82) is 5.26 Å². The fraction of sp³-hybridized carbons (Fsp3) is 0.344. The zero-order valence-electron chi connectivity index (χ0n) is 21.4. The third-order valence-electron chi connectivity index (χ3n) is 7.29. The Hall–Kier alpha value is -3.39. The zero-order chi connectivity index (χ0) is 25.4. The molecule has 0 amide bonds. The summed E-state index contributed by atoms with van der Waals surface area (Å²) in [5.74, 6) is 0.838. The van der Waals surface area contributed by atoms with Gasteiger partial charge in [-0.2, -0.15) is 5.26 Å². The minimum absolute atomic E-state index is 0.0377. The van der Waals surface area contributed by atoms with Gasteiger partial charge in [-0.25, -0.2) is 0 Å². The molecule has 0 atom stereocenters. The molecule has 1 aliphatic rings. The first-order valence-corrected chi connectivity index (χ1v) is 12.7. The number of nitriles is 1. The summed E-state index contributed by atoms with van der Waals surface area (Å²) in [5, 5.41) is 10.5. The van der Waals surface area contributed by atoms with Crippen LogP contribution in [-0.4, -0.2) is 36.2 Å². The number of nitrogens with zero attached hydrogens (tertiary/aromatic N) is 2. The number of rotatable bonds is 12. The van der Waals surface area contributed by atoms with Crippen LogP contribution < -0.4 is 4.74 Å². The van der Waals surface area contributed by atoms with Crippen molar-refractivity contribution < 1.29 is 9.47 Å². The van der Waals surface area contributed by atoms with E-state index in [-0.39, 0.29) is 11.6 Å². The van der Waals surface area contributed by atoms with Gasteiger partial charge in [0.1, 0.15) is 17.8 Å². The molecular formula is C32H36N2O2. The second kappa shape index (κ2) is 11.6. The quantitative estimate of drug-likeness (QED) is 0.277. The molecule has 3 aromatic rings. The van der Waals surface area contributed by atoms with Crippen LogP contribution in [0.5, 0.6) is 5.75 Å². The Bertz CT molecular complexity index is 1120. The first kappa shape index (κ1) is 25.7. The molecule has 0 bridgehead atoms. The normalized spacial score (nSPS) is 14.6. The Morgan fingerprint density at radius 1 is 0.944 bits per heavy atom. The van der Waals surface area contributed by atoms with Crippen molar-refractivity contribution in [1.82, 2.24) is 4.90 Å². The smallest absolute Gasteiger partial charge is 0.120 e. The van der Waals surface area contributed by atoms with Crippen LogP contribution in [0.2, 0.25) is 0 Å². The Morgan fingerprint density at radius 3 is 2.17 bits per heavy atom. The van der Waals surface area contributed by atoms with Gasteiger partial charge < -0.3 is 9.47 Å². The van der Waals surface area contributed by atoms with Crippen LogP contribution in [0, 0.1) is 11.3 Å². The Balaban J connectivity index is 1.36. The minimum Gasteiger partial charge on any atom is -0.490 e.